The molecule has 5 nitrogen and oxygen atoms in total. The van der Waals surface area contributed by atoms with E-state index in [-0.39, 0.29) is 49.6 Å². The van der Waals surface area contributed by atoms with E-state index in [9.17, 15) is 0 Å². The molecular formula is C27H41Cl4N5. The molecule has 0 amide bonds. The van der Waals surface area contributed by atoms with Gasteiger partial charge in [0.25, 0.3) is 0 Å². The van der Waals surface area contributed by atoms with Gasteiger partial charge in [0.15, 0.2) is 0 Å². The van der Waals surface area contributed by atoms with Crippen LogP contribution >= 0.6 is 49.6 Å². The summed E-state index contributed by atoms with van der Waals surface area (Å²) >= 11 is 0. The topological polar surface area (TPSA) is 44.6 Å². The van der Waals surface area contributed by atoms with Gasteiger partial charge in [0.1, 0.15) is 5.65 Å². The number of nitrogens with zero attached hydrogens (tertiary/aromatic N) is 3. The second-order valence-electron chi connectivity index (χ2n) is 9.44. The first kappa shape index (κ1) is 33.0. The Hall–Kier alpha value is -1.05. The largest absolute Gasteiger partial charge is 0.315 e. The number of halogens is 4. The van der Waals surface area contributed by atoms with Gasteiger partial charge < -0.3 is 10.6 Å². The van der Waals surface area contributed by atoms with Crippen molar-refractivity contribution in [2.45, 2.75) is 64.1 Å². The number of unbranched alkanes of at least 4 members (excludes halogenated alkanes) is 1. The molecular weight excluding hydrogens is 536 g/mol. The smallest absolute Gasteiger partial charge is 0.137 e. The van der Waals surface area contributed by atoms with Crippen LogP contribution in [0.5, 0.6) is 0 Å². The van der Waals surface area contributed by atoms with Gasteiger partial charge in [0.2, 0.25) is 0 Å². The third-order valence-corrected chi connectivity index (χ3v) is 7.04. The van der Waals surface area contributed by atoms with E-state index in [1.165, 1.54) is 61.9 Å². The lowest BCUT2D eigenvalue weighted by Crippen LogP contribution is -2.36. The molecule has 0 radical (unpaired) electrons. The molecule has 3 aromatic rings. The molecule has 1 aromatic carbocycles. The second-order valence-corrected chi connectivity index (χ2v) is 9.44. The zero-order chi connectivity index (χ0) is 21.6. The first-order valence-electron chi connectivity index (χ1n) is 12.6. The molecule has 2 N–H and O–H groups in total. The molecule has 0 spiro atoms. The fraction of sp³-hybridized carbons (Fsp3) is 0.519. The molecule has 0 saturated heterocycles. The normalized spacial score (nSPS) is 15.3. The predicted octanol–water partition coefficient (Wildman–Crippen LogP) is 6.30. The summed E-state index contributed by atoms with van der Waals surface area (Å²) in [4.78, 5) is 7.57. The summed E-state index contributed by atoms with van der Waals surface area (Å²) < 4.78 is 2.37. The fourth-order valence-corrected chi connectivity index (χ4v) is 5.36. The Morgan fingerprint density at radius 1 is 0.778 bits per heavy atom. The molecule has 0 atom stereocenters. The third kappa shape index (κ3) is 8.22. The minimum absolute atomic E-state index is 0. The van der Waals surface area contributed by atoms with Crippen molar-refractivity contribution in [3.8, 4) is 11.3 Å². The van der Waals surface area contributed by atoms with E-state index >= 15 is 0 Å². The minimum atomic E-state index is 0. The highest BCUT2D eigenvalue weighted by molar-refractivity contribution is 5.86. The van der Waals surface area contributed by atoms with Crippen LogP contribution in [0.3, 0.4) is 0 Å². The lowest BCUT2D eigenvalue weighted by molar-refractivity contribution is 0.230. The molecule has 2 aromatic heterocycles. The van der Waals surface area contributed by atoms with Crippen molar-refractivity contribution in [2.24, 2.45) is 0 Å². The molecule has 1 aliphatic heterocycles. The summed E-state index contributed by atoms with van der Waals surface area (Å²) in [7, 11) is 0. The summed E-state index contributed by atoms with van der Waals surface area (Å²) in [5.74, 6) is 0. The second kappa shape index (κ2) is 16.7. The van der Waals surface area contributed by atoms with Gasteiger partial charge >= 0.3 is 0 Å². The SMILES string of the molecule is Cl.Cl.Cl.Cl.c1ccc(-c2nc3cccc4n3c2CN(CCCCNCCNC2CCCCC2)C4)cc1. The maximum Gasteiger partial charge on any atom is 0.137 e. The number of hydrogen-bond donors (Lipinski definition) is 2. The van der Waals surface area contributed by atoms with E-state index in [4.69, 9.17) is 4.98 Å². The highest BCUT2D eigenvalue weighted by atomic mass is 35.5. The highest BCUT2D eigenvalue weighted by Crippen LogP contribution is 2.30. The molecule has 0 bridgehead atoms. The zero-order valence-corrected chi connectivity index (χ0v) is 24.1. The number of nitrogens with one attached hydrogen (secondary N) is 2. The minimum Gasteiger partial charge on any atom is -0.315 e. The number of aromatic nitrogens is 2. The quantitative estimate of drug-likeness (QED) is 0.278. The molecule has 1 aliphatic carbocycles. The summed E-state index contributed by atoms with van der Waals surface area (Å²) in [6, 6.07) is 17.9. The standard InChI is InChI=1S/C27H37N5.4ClH/c1-3-10-22(11-4-1)27-25-21-31(20-24-14-9-15-26(30-27)32(24)25)19-8-7-16-28-17-18-29-23-12-5-2-6-13-23;;;;/h1,3-4,9-11,14-15,23,28-29H,2,5-8,12-13,16-21H2;4*1H. The summed E-state index contributed by atoms with van der Waals surface area (Å²) in [6.07, 6.45) is 9.44. The Labute approximate surface area is 240 Å². The summed E-state index contributed by atoms with van der Waals surface area (Å²) in [5.41, 5.74) is 6.10. The van der Waals surface area contributed by atoms with Gasteiger partial charge in [-0.2, -0.15) is 0 Å². The zero-order valence-electron chi connectivity index (χ0n) is 20.9. The maximum atomic E-state index is 4.98. The average molecular weight is 577 g/mol. The van der Waals surface area contributed by atoms with E-state index in [1.54, 1.807) is 0 Å². The van der Waals surface area contributed by atoms with Crippen molar-refractivity contribution in [1.29, 1.82) is 0 Å². The van der Waals surface area contributed by atoms with Crippen LogP contribution in [-0.4, -0.2) is 46.5 Å². The first-order valence-corrected chi connectivity index (χ1v) is 12.6. The molecule has 1 saturated carbocycles. The van der Waals surface area contributed by atoms with Crippen molar-refractivity contribution in [2.75, 3.05) is 26.2 Å². The Balaban J connectivity index is 0.00000162. The van der Waals surface area contributed by atoms with Crippen molar-refractivity contribution < 1.29 is 0 Å². The van der Waals surface area contributed by atoms with E-state index < -0.39 is 0 Å². The number of benzene rings is 1. The molecule has 1 fully saturated rings. The van der Waals surface area contributed by atoms with Crippen LogP contribution in [0, 0.1) is 0 Å². The van der Waals surface area contributed by atoms with Gasteiger partial charge in [-0.05, 0) is 50.9 Å². The Kier molecular flexibility index (Phi) is 15.3. The van der Waals surface area contributed by atoms with Gasteiger partial charge in [-0.25, -0.2) is 4.98 Å². The van der Waals surface area contributed by atoms with Gasteiger partial charge in [-0.3, -0.25) is 9.30 Å². The molecule has 9 heteroatoms. The first-order chi connectivity index (χ1) is 15.9. The van der Waals surface area contributed by atoms with Crippen molar-refractivity contribution in [3.63, 3.8) is 0 Å². The van der Waals surface area contributed by atoms with Crippen molar-refractivity contribution >= 4 is 55.3 Å². The molecule has 0 unspecified atom stereocenters. The van der Waals surface area contributed by atoms with Gasteiger partial charge in [-0.1, -0.05) is 55.7 Å². The lowest BCUT2D eigenvalue weighted by atomic mass is 9.95. The summed E-state index contributed by atoms with van der Waals surface area (Å²) in [6.45, 7) is 6.42. The number of imidazole rings is 1. The summed E-state index contributed by atoms with van der Waals surface area (Å²) in [5, 5.41) is 7.35. The highest BCUT2D eigenvalue weighted by Gasteiger charge is 2.23. The monoisotopic (exact) mass is 575 g/mol. The van der Waals surface area contributed by atoms with E-state index in [1.807, 2.05) is 0 Å². The maximum absolute atomic E-state index is 4.98. The molecule has 202 valence electrons. The van der Waals surface area contributed by atoms with E-state index in [2.05, 4.69) is 68.5 Å². The molecule has 2 aliphatic rings. The van der Waals surface area contributed by atoms with E-state index in [0.29, 0.717) is 0 Å². The van der Waals surface area contributed by atoms with Crippen LogP contribution < -0.4 is 10.6 Å². The Morgan fingerprint density at radius 2 is 1.56 bits per heavy atom. The van der Waals surface area contributed by atoms with Gasteiger partial charge in [0, 0.05) is 43.5 Å². The molecule has 5 rings (SSSR count). The van der Waals surface area contributed by atoms with Crippen LogP contribution in [0.1, 0.15) is 56.3 Å². The van der Waals surface area contributed by atoms with Crippen LogP contribution in [0.15, 0.2) is 48.5 Å². The molecule has 36 heavy (non-hydrogen) atoms. The number of rotatable bonds is 10. The van der Waals surface area contributed by atoms with E-state index in [0.717, 1.165) is 56.7 Å². The Morgan fingerprint density at radius 3 is 2.33 bits per heavy atom. The average Bonchev–Trinajstić information content (AvgIpc) is 3.22. The van der Waals surface area contributed by atoms with Crippen LogP contribution in [0.4, 0.5) is 0 Å². The van der Waals surface area contributed by atoms with Crippen molar-refractivity contribution in [3.05, 3.63) is 59.9 Å². The van der Waals surface area contributed by atoms with Gasteiger partial charge in [0.05, 0.1) is 11.4 Å². The number of pyridine rings is 1. The number of hydrogen-bond acceptors (Lipinski definition) is 4. The third-order valence-electron chi connectivity index (χ3n) is 7.04. The lowest BCUT2D eigenvalue weighted by Gasteiger charge is -2.28. The fourth-order valence-electron chi connectivity index (χ4n) is 5.36. The van der Waals surface area contributed by atoms with Gasteiger partial charge in [-0.15, -0.1) is 49.6 Å². The van der Waals surface area contributed by atoms with Crippen LogP contribution in [0.2, 0.25) is 0 Å². The van der Waals surface area contributed by atoms with Crippen LogP contribution in [0.25, 0.3) is 16.9 Å². The Bertz CT molecular complexity index is 1010. The van der Waals surface area contributed by atoms with Crippen LogP contribution in [-0.2, 0) is 13.1 Å². The predicted molar refractivity (Wildman–Crippen MR) is 161 cm³/mol. The molecule has 3 heterocycles. The van der Waals surface area contributed by atoms with Crippen molar-refractivity contribution in [1.82, 2.24) is 24.9 Å².